The van der Waals surface area contributed by atoms with E-state index < -0.39 is 5.97 Å². The van der Waals surface area contributed by atoms with Crippen LogP contribution in [-0.4, -0.2) is 16.1 Å². The molecule has 0 atom stereocenters. The lowest BCUT2D eigenvalue weighted by atomic mass is 10.1. The molecule has 0 saturated carbocycles. The van der Waals surface area contributed by atoms with Crippen molar-refractivity contribution in [1.29, 1.82) is 0 Å². The van der Waals surface area contributed by atoms with E-state index in [0.29, 0.717) is 20.9 Å². The number of carbonyl (C=O) groups is 1. The van der Waals surface area contributed by atoms with Crippen LogP contribution in [0.1, 0.15) is 5.56 Å². The van der Waals surface area contributed by atoms with Crippen LogP contribution in [0.5, 0.6) is 0 Å². The van der Waals surface area contributed by atoms with Crippen molar-refractivity contribution in [3.05, 3.63) is 34.2 Å². The first kappa shape index (κ1) is 10.2. The molecule has 0 bridgehead atoms. The summed E-state index contributed by atoms with van der Waals surface area (Å²) in [7, 11) is 0. The van der Waals surface area contributed by atoms with Crippen molar-refractivity contribution in [2.45, 2.75) is 6.42 Å². The topological polar surface area (TPSA) is 53.1 Å². The predicted octanol–water partition coefficient (Wildman–Crippen LogP) is 2.70. The van der Waals surface area contributed by atoms with E-state index in [-0.39, 0.29) is 12.2 Å². The van der Waals surface area contributed by atoms with Gasteiger partial charge in [-0.1, -0.05) is 15.9 Å². The molecule has 5 heteroatoms. The van der Waals surface area contributed by atoms with Crippen LogP contribution in [0.25, 0.3) is 10.9 Å². The van der Waals surface area contributed by atoms with Gasteiger partial charge in [-0.3, -0.25) is 4.79 Å². The van der Waals surface area contributed by atoms with Crippen LogP contribution in [0, 0.1) is 5.82 Å². The Kier molecular flexibility index (Phi) is 2.48. The lowest BCUT2D eigenvalue weighted by Gasteiger charge is -1.98. The maximum absolute atomic E-state index is 13.3. The minimum atomic E-state index is -0.938. The molecule has 0 saturated heterocycles. The summed E-state index contributed by atoms with van der Waals surface area (Å²) in [4.78, 5) is 13.3. The molecular formula is C10H7BrFNO2. The number of carboxylic acids is 1. The van der Waals surface area contributed by atoms with Crippen LogP contribution >= 0.6 is 15.9 Å². The van der Waals surface area contributed by atoms with Gasteiger partial charge in [0.1, 0.15) is 5.82 Å². The van der Waals surface area contributed by atoms with Gasteiger partial charge in [0.25, 0.3) is 0 Å². The quantitative estimate of drug-likeness (QED) is 0.883. The Labute approximate surface area is 93.0 Å². The van der Waals surface area contributed by atoms with E-state index in [4.69, 9.17) is 5.11 Å². The van der Waals surface area contributed by atoms with Gasteiger partial charge in [0.05, 0.1) is 11.9 Å². The highest BCUT2D eigenvalue weighted by Crippen LogP contribution is 2.29. The third kappa shape index (κ3) is 1.74. The SMILES string of the molecule is O=C(O)Cc1c[nH]c2c(F)ccc(Br)c12. The number of carboxylic acid groups (broad SMARTS) is 1. The molecule has 1 aromatic heterocycles. The maximum Gasteiger partial charge on any atom is 0.307 e. The second-order valence-electron chi connectivity index (χ2n) is 3.16. The zero-order valence-electron chi connectivity index (χ0n) is 7.55. The van der Waals surface area contributed by atoms with E-state index in [1.54, 1.807) is 6.07 Å². The molecular weight excluding hydrogens is 265 g/mol. The van der Waals surface area contributed by atoms with E-state index in [0.717, 1.165) is 0 Å². The zero-order valence-corrected chi connectivity index (χ0v) is 9.14. The summed E-state index contributed by atoms with van der Waals surface area (Å²) < 4.78 is 14.0. The summed E-state index contributed by atoms with van der Waals surface area (Å²) in [5.41, 5.74) is 0.907. The highest BCUT2D eigenvalue weighted by atomic mass is 79.9. The fourth-order valence-electron chi connectivity index (χ4n) is 1.54. The van der Waals surface area contributed by atoms with Gasteiger partial charge in [-0.05, 0) is 17.7 Å². The zero-order chi connectivity index (χ0) is 11.0. The number of benzene rings is 1. The van der Waals surface area contributed by atoms with Crippen LogP contribution in [0.15, 0.2) is 22.8 Å². The van der Waals surface area contributed by atoms with Crippen molar-refractivity contribution < 1.29 is 14.3 Å². The van der Waals surface area contributed by atoms with E-state index in [1.165, 1.54) is 12.3 Å². The molecule has 0 unspecified atom stereocenters. The average molecular weight is 272 g/mol. The second-order valence-corrected chi connectivity index (χ2v) is 4.02. The van der Waals surface area contributed by atoms with E-state index in [9.17, 15) is 9.18 Å². The molecule has 2 aromatic rings. The molecule has 15 heavy (non-hydrogen) atoms. The molecule has 0 aliphatic carbocycles. The van der Waals surface area contributed by atoms with Crippen molar-refractivity contribution in [3.8, 4) is 0 Å². The van der Waals surface area contributed by atoms with Gasteiger partial charge in [0, 0.05) is 16.1 Å². The van der Waals surface area contributed by atoms with Crippen molar-refractivity contribution in [2.24, 2.45) is 0 Å². The lowest BCUT2D eigenvalue weighted by molar-refractivity contribution is -0.136. The molecule has 0 spiro atoms. The maximum atomic E-state index is 13.3. The van der Waals surface area contributed by atoms with Crippen molar-refractivity contribution in [1.82, 2.24) is 4.98 Å². The summed E-state index contributed by atoms with van der Waals surface area (Å²) in [6.45, 7) is 0. The fraction of sp³-hybridized carbons (Fsp3) is 0.100. The van der Waals surface area contributed by atoms with E-state index in [2.05, 4.69) is 20.9 Å². The Hall–Kier alpha value is -1.36. The van der Waals surface area contributed by atoms with Crippen molar-refractivity contribution >= 4 is 32.8 Å². The Morgan fingerprint density at radius 2 is 2.27 bits per heavy atom. The molecule has 0 aliphatic rings. The number of halogens is 2. The number of fused-ring (bicyclic) bond motifs is 1. The smallest absolute Gasteiger partial charge is 0.307 e. The minimum Gasteiger partial charge on any atom is -0.481 e. The number of hydrogen-bond acceptors (Lipinski definition) is 1. The number of aromatic amines is 1. The van der Waals surface area contributed by atoms with Crippen LogP contribution in [0.3, 0.4) is 0 Å². The first-order valence-corrected chi connectivity index (χ1v) is 5.04. The number of aliphatic carboxylic acids is 1. The summed E-state index contributed by atoms with van der Waals surface area (Å²) in [5.74, 6) is -1.32. The monoisotopic (exact) mass is 271 g/mol. The van der Waals surface area contributed by atoms with Gasteiger partial charge in [-0.15, -0.1) is 0 Å². The average Bonchev–Trinajstić information content (AvgIpc) is 2.56. The third-order valence-electron chi connectivity index (χ3n) is 2.16. The van der Waals surface area contributed by atoms with Crippen molar-refractivity contribution in [3.63, 3.8) is 0 Å². The number of aromatic nitrogens is 1. The molecule has 0 fully saturated rings. The molecule has 3 nitrogen and oxygen atoms in total. The van der Waals surface area contributed by atoms with Crippen molar-refractivity contribution in [2.75, 3.05) is 0 Å². The first-order valence-electron chi connectivity index (χ1n) is 4.25. The summed E-state index contributed by atoms with van der Waals surface area (Å²) in [6, 6.07) is 2.89. The van der Waals surface area contributed by atoms with Crippen LogP contribution in [0.4, 0.5) is 4.39 Å². The summed E-state index contributed by atoms with van der Waals surface area (Å²) >= 11 is 3.27. The fourth-order valence-corrected chi connectivity index (χ4v) is 2.13. The molecule has 0 aliphatic heterocycles. The molecule has 0 radical (unpaired) electrons. The highest BCUT2D eigenvalue weighted by Gasteiger charge is 2.12. The molecule has 1 aromatic carbocycles. The van der Waals surface area contributed by atoms with Gasteiger partial charge in [0.2, 0.25) is 0 Å². The lowest BCUT2D eigenvalue weighted by Crippen LogP contribution is -1.99. The van der Waals surface area contributed by atoms with Gasteiger partial charge in [0.15, 0.2) is 0 Å². The second kappa shape index (κ2) is 3.66. The normalized spacial score (nSPS) is 10.8. The predicted molar refractivity (Wildman–Crippen MR) is 57.3 cm³/mol. The molecule has 78 valence electrons. The van der Waals surface area contributed by atoms with Gasteiger partial charge in [-0.25, -0.2) is 4.39 Å². The molecule has 0 amide bonds. The van der Waals surface area contributed by atoms with Crippen LogP contribution < -0.4 is 0 Å². The Morgan fingerprint density at radius 3 is 2.93 bits per heavy atom. The van der Waals surface area contributed by atoms with Gasteiger partial charge >= 0.3 is 5.97 Å². The first-order chi connectivity index (χ1) is 7.09. The van der Waals surface area contributed by atoms with Gasteiger partial charge < -0.3 is 10.1 Å². The Morgan fingerprint density at radius 1 is 1.53 bits per heavy atom. The number of H-pyrrole nitrogens is 1. The van der Waals surface area contributed by atoms with Crippen LogP contribution in [-0.2, 0) is 11.2 Å². The highest BCUT2D eigenvalue weighted by molar-refractivity contribution is 9.10. The number of rotatable bonds is 2. The third-order valence-corrected chi connectivity index (χ3v) is 2.82. The van der Waals surface area contributed by atoms with Gasteiger partial charge in [-0.2, -0.15) is 0 Å². The number of hydrogen-bond donors (Lipinski definition) is 2. The molecule has 2 N–H and O–H groups in total. The summed E-state index contributed by atoms with van der Waals surface area (Å²) in [5, 5.41) is 9.28. The largest absolute Gasteiger partial charge is 0.481 e. The van der Waals surface area contributed by atoms with E-state index >= 15 is 0 Å². The summed E-state index contributed by atoms with van der Waals surface area (Å²) in [6.07, 6.45) is 1.40. The molecule has 2 rings (SSSR count). The Balaban J connectivity index is 2.67. The standard InChI is InChI=1S/C10H7BrFNO2/c11-6-1-2-7(12)10-9(6)5(4-13-10)3-8(14)15/h1-2,4,13H,3H2,(H,14,15). The van der Waals surface area contributed by atoms with E-state index in [1.807, 2.05) is 0 Å². The van der Waals surface area contributed by atoms with Crippen LogP contribution in [0.2, 0.25) is 0 Å². The Bertz CT molecular complexity index is 535. The minimum absolute atomic E-state index is 0.123. The molecule has 1 heterocycles. The number of nitrogens with one attached hydrogen (secondary N) is 1.